The van der Waals surface area contributed by atoms with E-state index in [9.17, 15) is 8.42 Å². The van der Waals surface area contributed by atoms with Crippen molar-refractivity contribution in [2.45, 2.75) is 25.7 Å². The Morgan fingerprint density at radius 1 is 1.41 bits per heavy atom. The minimum Gasteiger partial charge on any atom is -0.263 e. The number of pyridine rings is 1. The molecular weight excluding hydrogens is 260 g/mol. The zero-order chi connectivity index (χ0) is 13.1. The topological polar surface area (TPSA) is 59.1 Å². The number of sulfonamides is 1. The van der Waals surface area contributed by atoms with E-state index in [2.05, 4.69) is 23.6 Å². The summed E-state index contributed by atoms with van der Waals surface area (Å²) in [6, 6.07) is 1.46. The van der Waals surface area contributed by atoms with Gasteiger partial charge in [-0.15, -0.1) is 0 Å². The smallest absolute Gasteiger partial charge is 0.243 e. The van der Waals surface area contributed by atoms with Gasteiger partial charge in [0.15, 0.2) is 0 Å². The van der Waals surface area contributed by atoms with Crippen LogP contribution in [-0.2, 0) is 10.0 Å². The van der Waals surface area contributed by atoms with Gasteiger partial charge in [-0.25, -0.2) is 13.1 Å². The molecule has 4 nitrogen and oxygen atoms in total. The number of halogens is 1. The largest absolute Gasteiger partial charge is 0.263 e. The van der Waals surface area contributed by atoms with Crippen molar-refractivity contribution in [1.82, 2.24) is 9.71 Å². The van der Waals surface area contributed by atoms with Crippen LogP contribution in [0.15, 0.2) is 23.4 Å². The van der Waals surface area contributed by atoms with Gasteiger partial charge in [-0.05, 0) is 17.9 Å². The average molecular weight is 277 g/mol. The lowest BCUT2D eigenvalue weighted by Gasteiger charge is -2.16. The first-order valence-corrected chi connectivity index (χ1v) is 7.30. The van der Waals surface area contributed by atoms with Crippen LogP contribution < -0.4 is 4.72 Å². The summed E-state index contributed by atoms with van der Waals surface area (Å²) in [5.74, 6) is 0.683. The van der Waals surface area contributed by atoms with Crippen LogP contribution in [0.3, 0.4) is 0 Å². The van der Waals surface area contributed by atoms with Crippen molar-refractivity contribution in [3.8, 4) is 0 Å². The van der Waals surface area contributed by atoms with E-state index in [1.165, 1.54) is 18.5 Å². The Morgan fingerprint density at radius 2 is 2.06 bits per heavy atom. The van der Waals surface area contributed by atoms with Crippen LogP contribution in [0.1, 0.15) is 20.8 Å². The van der Waals surface area contributed by atoms with E-state index in [4.69, 9.17) is 11.6 Å². The van der Waals surface area contributed by atoms with Crippen LogP contribution in [0.2, 0.25) is 5.02 Å². The number of nitrogens with zero attached hydrogens (tertiary/aromatic N) is 1. The molecule has 1 aromatic rings. The van der Waals surface area contributed by atoms with Crippen molar-refractivity contribution in [3.63, 3.8) is 0 Å². The summed E-state index contributed by atoms with van der Waals surface area (Å²) >= 11 is 5.83. The minimum atomic E-state index is -3.56. The van der Waals surface area contributed by atoms with Crippen LogP contribution in [0.4, 0.5) is 0 Å². The summed E-state index contributed by atoms with van der Waals surface area (Å²) in [5.41, 5.74) is 0. The summed E-state index contributed by atoms with van der Waals surface area (Å²) < 4.78 is 26.4. The Morgan fingerprint density at radius 3 is 2.59 bits per heavy atom. The summed E-state index contributed by atoms with van der Waals surface area (Å²) in [6.45, 7) is 6.50. The number of rotatable bonds is 5. The van der Waals surface area contributed by atoms with Crippen LogP contribution in [0, 0.1) is 11.8 Å². The van der Waals surface area contributed by atoms with Crippen molar-refractivity contribution in [3.05, 3.63) is 23.5 Å². The van der Waals surface area contributed by atoms with E-state index in [0.717, 1.165) is 0 Å². The third-order valence-corrected chi connectivity index (χ3v) is 4.65. The molecule has 1 rings (SSSR count). The first-order chi connectivity index (χ1) is 7.84. The van der Waals surface area contributed by atoms with Gasteiger partial charge < -0.3 is 0 Å². The Balaban J connectivity index is 2.80. The lowest BCUT2D eigenvalue weighted by molar-refractivity contribution is 0.414. The molecule has 0 bridgehead atoms. The average Bonchev–Trinajstić information content (AvgIpc) is 2.26. The van der Waals surface area contributed by atoms with Crippen molar-refractivity contribution >= 4 is 21.6 Å². The van der Waals surface area contributed by atoms with Gasteiger partial charge in [0.2, 0.25) is 10.0 Å². The Bertz CT molecular complexity index is 474. The second-order valence-corrected chi connectivity index (χ2v) is 6.52. The van der Waals surface area contributed by atoms with E-state index in [1.807, 2.05) is 6.92 Å². The SMILES string of the molecule is CC(C)C(C)CNS(=O)(=O)c1cnccc1Cl. The van der Waals surface area contributed by atoms with Crippen molar-refractivity contribution in [2.75, 3.05) is 6.54 Å². The fourth-order valence-corrected chi connectivity index (χ4v) is 2.69. The molecule has 96 valence electrons. The lowest BCUT2D eigenvalue weighted by Crippen LogP contribution is -2.30. The third-order valence-electron chi connectivity index (χ3n) is 2.76. The second-order valence-electron chi connectivity index (χ2n) is 4.38. The number of aromatic nitrogens is 1. The first-order valence-electron chi connectivity index (χ1n) is 5.43. The van der Waals surface area contributed by atoms with Gasteiger partial charge in [-0.1, -0.05) is 32.4 Å². The van der Waals surface area contributed by atoms with Crippen LogP contribution in [0.5, 0.6) is 0 Å². The van der Waals surface area contributed by atoms with Crippen LogP contribution >= 0.6 is 11.6 Å². The van der Waals surface area contributed by atoms with E-state index in [1.54, 1.807) is 0 Å². The van der Waals surface area contributed by atoms with Gasteiger partial charge in [0.25, 0.3) is 0 Å². The molecule has 0 fully saturated rings. The summed E-state index contributed by atoms with van der Waals surface area (Å²) in [7, 11) is -3.56. The highest BCUT2D eigenvalue weighted by molar-refractivity contribution is 7.89. The van der Waals surface area contributed by atoms with Gasteiger partial charge in [-0.3, -0.25) is 4.98 Å². The molecular formula is C11H17ClN2O2S. The number of hydrogen-bond donors (Lipinski definition) is 1. The monoisotopic (exact) mass is 276 g/mol. The highest BCUT2D eigenvalue weighted by Crippen LogP contribution is 2.19. The zero-order valence-electron chi connectivity index (χ0n) is 10.1. The predicted octanol–water partition coefficient (Wildman–Crippen LogP) is 2.31. The van der Waals surface area contributed by atoms with Gasteiger partial charge in [0.1, 0.15) is 4.90 Å². The summed E-state index contributed by atoms with van der Waals surface area (Å²) in [5, 5.41) is 0.185. The predicted molar refractivity (Wildman–Crippen MR) is 68.4 cm³/mol. The summed E-state index contributed by atoms with van der Waals surface area (Å²) in [6.07, 6.45) is 2.71. The Labute approximate surface area is 107 Å². The van der Waals surface area contributed by atoms with Crippen LogP contribution in [-0.4, -0.2) is 19.9 Å². The van der Waals surface area contributed by atoms with Gasteiger partial charge >= 0.3 is 0 Å². The van der Waals surface area contributed by atoms with E-state index in [0.29, 0.717) is 12.5 Å². The van der Waals surface area contributed by atoms with Crippen LogP contribution in [0.25, 0.3) is 0 Å². The molecule has 1 atom stereocenters. The molecule has 0 aliphatic carbocycles. The maximum atomic E-state index is 11.9. The fraction of sp³-hybridized carbons (Fsp3) is 0.545. The van der Waals surface area contributed by atoms with Gasteiger partial charge in [0.05, 0.1) is 5.02 Å². The molecule has 1 heterocycles. The quantitative estimate of drug-likeness (QED) is 0.898. The van der Waals surface area contributed by atoms with Crippen molar-refractivity contribution in [1.29, 1.82) is 0 Å². The molecule has 1 unspecified atom stereocenters. The van der Waals surface area contributed by atoms with E-state index < -0.39 is 10.0 Å². The first kappa shape index (κ1) is 14.4. The summed E-state index contributed by atoms with van der Waals surface area (Å²) in [4.78, 5) is 3.80. The molecule has 1 N–H and O–H groups in total. The highest BCUT2D eigenvalue weighted by Gasteiger charge is 2.19. The van der Waals surface area contributed by atoms with E-state index >= 15 is 0 Å². The normalized spacial score (nSPS) is 13.9. The molecule has 0 saturated heterocycles. The molecule has 0 aliphatic heterocycles. The molecule has 0 saturated carbocycles. The molecule has 17 heavy (non-hydrogen) atoms. The van der Waals surface area contributed by atoms with E-state index in [-0.39, 0.29) is 15.8 Å². The molecule has 0 radical (unpaired) electrons. The van der Waals surface area contributed by atoms with Crippen molar-refractivity contribution < 1.29 is 8.42 Å². The molecule has 0 aromatic carbocycles. The van der Waals surface area contributed by atoms with Gasteiger partial charge in [-0.2, -0.15) is 0 Å². The maximum Gasteiger partial charge on any atom is 0.243 e. The van der Waals surface area contributed by atoms with Crippen molar-refractivity contribution in [2.24, 2.45) is 11.8 Å². The molecule has 6 heteroatoms. The third kappa shape index (κ3) is 3.94. The maximum absolute atomic E-state index is 11.9. The fourth-order valence-electron chi connectivity index (χ4n) is 1.12. The zero-order valence-corrected chi connectivity index (χ0v) is 11.7. The number of nitrogens with one attached hydrogen (secondary N) is 1. The number of hydrogen-bond acceptors (Lipinski definition) is 3. The molecule has 1 aromatic heterocycles. The minimum absolute atomic E-state index is 0.0256. The lowest BCUT2D eigenvalue weighted by atomic mass is 9.99. The highest BCUT2D eigenvalue weighted by atomic mass is 35.5. The standard InChI is InChI=1S/C11H17ClN2O2S/c1-8(2)9(3)6-14-17(15,16)11-7-13-5-4-10(11)12/h4-5,7-9,14H,6H2,1-3H3. The molecule has 0 spiro atoms. The second kappa shape index (κ2) is 5.80. The Hall–Kier alpha value is -0.650. The molecule has 0 amide bonds. The Kier molecular flexibility index (Phi) is 4.91. The molecule has 0 aliphatic rings. The van der Waals surface area contributed by atoms with Gasteiger partial charge in [0, 0.05) is 18.9 Å².